The van der Waals surface area contributed by atoms with E-state index in [1.54, 1.807) is 24.4 Å². The van der Waals surface area contributed by atoms with Gasteiger partial charge in [0.2, 0.25) is 0 Å². The maximum atomic E-state index is 12.5. The second-order valence-electron chi connectivity index (χ2n) is 5.15. The van der Waals surface area contributed by atoms with E-state index in [1.807, 2.05) is 36.4 Å². The standard InChI is InChI=1S/C17H15ClN2O2S2/c1-20(9-11-3-5-12(22-2)6-4-11)17(21)13-10-23-16(19-13)14-7-8-15(18)24-14/h3-8,10H,9H2,1-2H3. The van der Waals surface area contributed by atoms with Crippen LogP contribution in [0.15, 0.2) is 41.8 Å². The molecule has 0 radical (unpaired) electrons. The van der Waals surface area contributed by atoms with Gasteiger partial charge in [-0.3, -0.25) is 4.79 Å². The first-order valence-corrected chi connectivity index (χ1v) is 9.24. The molecule has 0 fully saturated rings. The van der Waals surface area contributed by atoms with Crippen LogP contribution in [-0.2, 0) is 6.54 Å². The Kier molecular flexibility index (Phi) is 5.18. The van der Waals surface area contributed by atoms with E-state index in [9.17, 15) is 4.79 Å². The smallest absolute Gasteiger partial charge is 0.273 e. The molecule has 0 aliphatic heterocycles. The normalized spacial score (nSPS) is 10.6. The molecule has 0 atom stereocenters. The number of amides is 1. The molecule has 0 spiro atoms. The molecule has 1 amide bonds. The van der Waals surface area contributed by atoms with E-state index in [0.717, 1.165) is 21.2 Å². The number of aromatic nitrogens is 1. The lowest BCUT2D eigenvalue weighted by Crippen LogP contribution is -2.26. The van der Waals surface area contributed by atoms with Crippen LogP contribution in [0, 0.1) is 0 Å². The van der Waals surface area contributed by atoms with Crippen molar-refractivity contribution in [2.45, 2.75) is 6.54 Å². The van der Waals surface area contributed by atoms with Crippen LogP contribution in [0.5, 0.6) is 5.75 Å². The molecule has 2 heterocycles. The molecule has 4 nitrogen and oxygen atoms in total. The van der Waals surface area contributed by atoms with E-state index in [1.165, 1.54) is 22.7 Å². The molecule has 0 aliphatic carbocycles. The van der Waals surface area contributed by atoms with Crippen molar-refractivity contribution in [3.05, 3.63) is 57.4 Å². The van der Waals surface area contributed by atoms with E-state index < -0.39 is 0 Å². The lowest BCUT2D eigenvalue weighted by Gasteiger charge is -2.16. The highest BCUT2D eigenvalue weighted by molar-refractivity contribution is 7.23. The van der Waals surface area contributed by atoms with Crippen LogP contribution in [0.2, 0.25) is 4.34 Å². The Bertz CT molecular complexity index is 842. The molecule has 0 saturated carbocycles. The number of methoxy groups -OCH3 is 1. The van der Waals surface area contributed by atoms with Gasteiger partial charge in [-0.15, -0.1) is 22.7 Å². The van der Waals surface area contributed by atoms with Gasteiger partial charge < -0.3 is 9.64 Å². The zero-order valence-corrected chi connectivity index (χ0v) is 15.5. The SMILES string of the molecule is COc1ccc(CN(C)C(=O)c2csc(-c3ccc(Cl)s3)n2)cc1. The molecule has 124 valence electrons. The highest BCUT2D eigenvalue weighted by Gasteiger charge is 2.17. The first kappa shape index (κ1) is 17.0. The lowest BCUT2D eigenvalue weighted by molar-refractivity contribution is 0.0780. The van der Waals surface area contributed by atoms with Crippen molar-refractivity contribution in [3.63, 3.8) is 0 Å². The number of thiophene rings is 1. The lowest BCUT2D eigenvalue weighted by atomic mass is 10.2. The Labute approximate surface area is 153 Å². The fourth-order valence-corrected chi connectivity index (χ4v) is 4.10. The van der Waals surface area contributed by atoms with Gasteiger partial charge >= 0.3 is 0 Å². The molecule has 0 N–H and O–H groups in total. The van der Waals surface area contributed by atoms with Crippen molar-refractivity contribution in [2.24, 2.45) is 0 Å². The highest BCUT2D eigenvalue weighted by Crippen LogP contribution is 2.33. The van der Waals surface area contributed by atoms with E-state index in [4.69, 9.17) is 16.3 Å². The number of thiazole rings is 1. The van der Waals surface area contributed by atoms with E-state index in [0.29, 0.717) is 16.6 Å². The second kappa shape index (κ2) is 7.34. The quantitative estimate of drug-likeness (QED) is 0.640. The number of hydrogen-bond acceptors (Lipinski definition) is 5. The number of carbonyl (C=O) groups is 1. The third-order valence-corrected chi connectivity index (χ3v) is 5.68. The predicted octanol–water partition coefficient (Wildman–Crippen LogP) is 4.81. The van der Waals surface area contributed by atoms with Gasteiger partial charge in [-0.1, -0.05) is 23.7 Å². The first-order chi connectivity index (χ1) is 11.6. The van der Waals surface area contributed by atoms with Crippen molar-refractivity contribution in [3.8, 4) is 15.6 Å². The summed E-state index contributed by atoms with van der Waals surface area (Å²) in [7, 11) is 3.40. The van der Waals surface area contributed by atoms with E-state index >= 15 is 0 Å². The summed E-state index contributed by atoms with van der Waals surface area (Å²) in [6.07, 6.45) is 0. The van der Waals surface area contributed by atoms with Gasteiger partial charge in [0, 0.05) is 19.0 Å². The molecule has 2 aromatic heterocycles. The Hall–Kier alpha value is -1.89. The predicted molar refractivity (Wildman–Crippen MR) is 99.2 cm³/mol. The summed E-state index contributed by atoms with van der Waals surface area (Å²) in [5.74, 6) is 0.697. The maximum Gasteiger partial charge on any atom is 0.273 e. The Morgan fingerprint density at radius 1 is 1.25 bits per heavy atom. The van der Waals surface area contributed by atoms with Crippen molar-refractivity contribution >= 4 is 40.2 Å². The Balaban J connectivity index is 1.70. The molecule has 0 unspecified atom stereocenters. The number of benzene rings is 1. The van der Waals surface area contributed by atoms with Crippen LogP contribution in [0.1, 0.15) is 16.1 Å². The maximum absolute atomic E-state index is 12.5. The van der Waals surface area contributed by atoms with Gasteiger partial charge in [0.1, 0.15) is 16.5 Å². The molecule has 3 rings (SSSR count). The van der Waals surface area contributed by atoms with Crippen LogP contribution in [0.4, 0.5) is 0 Å². The molecule has 24 heavy (non-hydrogen) atoms. The number of rotatable bonds is 5. The van der Waals surface area contributed by atoms with Gasteiger partial charge in [0.25, 0.3) is 5.91 Å². The third-order valence-electron chi connectivity index (χ3n) is 3.43. The number of ether oxygens (including phenoxy) is 1. The largest absolute Gasteiger partial charge is 0.497 e. The summed E-state index contributed by atoms with van der Waals surface area (Å²) >= 11 is 8.86. The Morgan fingerprint density at radius 3 is 2.62 bits per heavy atom. The van der Waals surface area contributed by atoms with E-state index in [-0.39, 0.29) is 5.91 Å². The summed E-state index contributed by atoms with van der Waals surface area (Å²) in [6, 6.07) is 11.4. The molecular weight excluding hydrogens is 364 g/mol. The number of halogens is 1. The van der Waals surface area contributed by atoms with Crippen molar-refractivity contribution in [1.29, 1.82) is 0 Å². The van der Waals surface area contributed by atoms with Crippen molar-refractivity contribution < 1.29 is 9.53 Å². The van der Waals surface area contributed by atoms with Gasteiger partial charge in [-0.05, 0) is 29.8 Å². The molecule has 1 aromatic carbocycles. The second-order valence-corrected chi connectivity index (χ2v) is 7.72. The fraction of sp³-hybridized carbons (Fsp3) is 0.176. The summed E-state index contributed by atoms with van der Waals surface area (Å²) in [5.41, 5.74) is 1.49. The topological polar surface area (TPSA) is 42.4 Å². The van der Waals surface area contributed by atoms with Gasteiger partial charge in [-0.25, -0.2) is 4.98 Å². The molecule has 7 heteroatoms. The van der Waals surface area contributed by atoms with Gasteiger partial charge in [-0.2, -0.15) is 0 Å². The number of nitrogens with zero attached hydrogens (tertiary/aromatic N) is 2. The van der Waals surface area contributed by atoms with Crippen LogP contribution >= 0.6 is 34.3 Å². The molecular formula is C17H15ClN2O2S2. The monoisotopic (exact) mass is 378 g/mol. The summed E-state index contributed by atoms with van der Waals surface area (Å²) in [5, 5.41) is 2.60. The summed E-state index contributed by atoms with van der Waals surface area (Å²) in [6.45, 7) is 0.514. The molecule has 0 bridgehead atoms. The fourth-order valence-electron chi connectivity index (χ4n) is 2.19. The van der Waals surface area contributed by atoms with Crippen LogP contribution in [0.25, 0.3) is 9.88 Å². The highest BCUT2D eigenvalue weighted by atomic mass is 35.5. The zero-order valence-electron chi connectivity index (χ0n) is 13.2. The van der Waals surface area contributed by atoms with Crippen LogP contribution in [-0.4, -0.2) is 29.9 Å². The summed E-state index contributed by atoms with van der Waals surface area (Å²) in [4.78, 5) is 19.6. The third kappa shape index (κ3) is 3.77. The molecule has 3 aromatic rings. The zero-order chi connectivity index (χ0) is 17.1. The number of hydrogen-bond donors (Lipinski definition) is 0. The minimum atomic E-state index is -0.101. The van der Waals surface area contributed by atoms with Crippen molar-refractivity contribution in [1.82, 2.24) is 9.88 Å². The summed E-state index contributed by atoms with van der Waals surface area (Å²) < 4.78 is 5.85. The van der Waals surface area contributed by atoms with Gasteiger partial charge in [0.05, 0.1) is 16.3 Å². The van der Waals surface area contributed by atoms with Crippen molar-refractivity contribution in [2.75, 3.05) is 14.2 Å². The van der Waals surface area contributed by atoms with E-state index in [2.05, 4.69) is 4.98 Å². The number of carbonyl (C=O) groups excluding carboxylic acids is 1. The molecule has 0 aliphatic rings. The minimum absolute atomic E-state index is 0.101. The van der Waals surface area contributed by atoms with Crippen LogP contribution < -0.4 is 4.74 Å². The minimum Gasteiger partial charge on any atom is -0.497 e. The average molecular weight is 379 g/mol. The Morgan fingerprint density at radius 2 is 2.00 bits per heavy atom. The molecule has 0 saturated heterocycles. The van der Waals surface area contributed by atoms with Crippen LogP contribution in [0.3, 0.4) is 0 Å². The average Bonchev–Trinajstić information content (AvgIpc) is 3.23. The van der Waals surface area contributed by atoms with Gasteiger partial charge in [0.15, 0.2) is 0 Å². The first-order valence-electron chi connectivity index (χ1n) is 7.16.